The number of nitrogen functional groups attached to an aromatic ring is 1. The summed E-state index contributed by atoms with van der Waals surface area (Å²) in [5.74, 6) is -2.67. The van der Waals surface area contributed by atoms with E-state index >= 15 is 0 Å². The van der Waals surface area contributed by atoms with E-state index in [1.165, 1.54) is 6.33 Å². The molecule has 3 heterocycles. The van der Waals surface area contributed by atoms with Crippen LogP contribution in [0, 0.1) is 5.92 Å². The molecule has 4 N–H and O–H groups in total. The van der Waals surface area contributed by atoms with E-state index in [-0.39, 0.29) is 31.4 Å². The smallest absolute Gasteiger partial charge is 0.328 e. The zero-order valence-electron chi connectivity index (χ0n) is 21.4. The Bertz CT molecular complexity index is 1170. The third kappa shape index (κ3) is 8.58. The number of anilines is 1. The fourth-order valence-electron chi connectivity index (χ4n) is 3.61. The van der Waals surface area contributed by atoms with Crippen LogP contribution in [0.4, 0.5) is 5.82 Å². The maximum Gasteiger partial charge on any atom is 0.328 e. The third-order valence-corrected chi connectivity index (χ3v) is 7.55. The van der Waals surface area contributed by atoms with Crippen molar-refractivity contribution >= 4 is 42.4 Å². The van der Waals surface area contributed by atoms with Crippen LogP contribution in [0.15, 0.2) is 24.8 Å². The molecule has 2 aromatic heterocycles. The van der Waals surface area contributed by atoms with Gasteiger partial charge in [-0.2, -0.15) is 0 Å². The molecule has 0 aromatic carbocycles. The average molecular weight is 557 g/mol. The molecule has 2 aromatic rings. The predicted molar refractivity (Wildman–Crippen MR) is 135 cm³/mol. The van der Waals surface area contributed by atoms with Crippen LogP contribution in [0.2, 0.25) is 0 Å². The number of ether oxygens (including phenoxy) is 2. The number of aliphatic carboxylic acids is 2. The van der Waals surface area contributed by atoms with E-state index in [1.54, 1.807) is 22.5 Å². The number of imidazole rings is 1. The fraction of sp³-hybridized carbons (Fsp3) is 0.545. The van der Waals surface area contributed by atoms with Crippen molar-refractivity contribution in [2.45, 2.75) is 39.8 Å². The number of carboxylic acid groups (broad SMARTS) is 2. The normalized spacial score (nSPS) is 18.7. The summed E-state index contributed by atoms with van der Waals surface area (Å²) < 4.78 is 33.6. The summed E-state index contributed by atoms with van der Waals surface area (Å²) in [4.78, 5) is 43.9. The maximum absolute atomic E-state index is 13.6. The van der Waals surface area contributed by atoms with Crippen molar-refractivity contribution in [2.75, 3.05) is 38.4 Å². The quantitative estimate of drug-likeness (QED) is 0.155. The van der Waals surface area contributed by atoms with Crippen molar-refractivity contribution in [1.82, 2.24) is 24.2 Å². The molecule has 0 saturated carbocycles. The molecule has 1 aliphatic rings. The van der Waals surface area contributed by atoms with E-state index in [1.807, 2.05) is 13.8 Å². The van der Waals surface area contributed by atoms with Crippen LogP contribution in [-0.4, -0.2) is 91.1 Å². The van der Waals surface area contributed by atoms with Crippen molar-refractivity contribution in [2.24, 2.45) is 5.92 Å². The SMILES string of the molecule is CCOC(=O)[C@@H](C(C)C)N1CCCO[P@@]1(=O)COCCn1cnc2c(N)ncnc21.O=C(O)/C=C/C(=O)O. The zero-order chi connectivity index (χ0) is 28.3. The van der Waals surface area contributed by atoms with Gasteiger partial charge in [0.25, 0.3) is 7.52 Å². The highest BCUT2D eigenvalue weighted by atomic mass is 31.2. The van der Waals surface area contributed by atoms with Crippen molar-refractivity contribution in [3.8, 4) is 0 Å². The first-order valence-corrected chi connectivity index (χ1v) is 13.6. The Morgan fingerprint density at radius 1 is 1.21 bits per heavy atom. The molecule has 0 bridgehead atoms. The lowest BCUT2D eigenvalue weighted by molar-refractivity contribution is -0.150. The van der Waals surface area contributed by atoms with Crippen LogP contribution in [-0.2, 0) is 39.5 Å². The highest BCUT2D eigenvalue weighted by molar-refractivity contribution is 7.56. The highest BCUT2D eigenvalue weighted by Crippen LogP contribution is 2.55. The molecule has 0 amide bonds. The standard InChI is InChI=1S/C18H29N6O5P.C4H4O4/c1-4-28-18(25)15(13(2)3)24-6-5-8-29-30(24,26)12-27-9-7-23-11-22-14-16(19)20-10-21-17(14)23;5-3(6)1-2-4(7)8/h10-11,13,15H,4-9,12H2,1-3H3,(H2,19,20,21);1-2H,(H,5,6)(H,7,8)/b;2-1+/t15-,30+;/m1./s1. The second-order valence-corrected chi connectivity index (χ2v) is 10.6. The maximum atomic E-state index is 13.6. The molecular weight excluding hydrogens is 523 g/mol. The number of aromatic nitrogens is 4. The minimum absolute atomic E-state index is 0.0819. The van der Waals surface area contributed by atoms with Crippen LogP contribution < -0.4 is 5.73 Å². The molecule has 210 valence electrons. The first-order valence-electron chi connectivity index (χ1n) is 11.8. The fourth-order valence-corrected chi connectivity index (χ4v) is 5.95. The Labute approximate surface area is 219 Å². The molecule has 2 atom stereocenters. The van der Waals surface area contributed by atoms with Crippen LogP contribution in [0.5, 0.6) is 0 Å². The van der Waals surface area contributed by atoms with Gasteiger partial charge < -0.3 is 34.5 Å². The molecule has 3 rings (SSSR count). The number of hydrogen-bond acceptors (Lipinski definition) is 11. The number of carbonyl (C=O) groups excluding carboxylic acids is 1. The number of carbonyl (C=O) groups is 3. The molecule has 0 spiro atoms. The first kappa shape index (κ1) is 30.8. The molecule has 16 heteroatoms. The van der Waals surface area contributed by atoms with Gasteiger partial charge in [-0.1, -0.05) is 13.8 Å². The summed E-state index contributed by atoms with van der Waals surface area (Å²) >= 11 is 0. The Kier molecular flexibility index (Phi) is 11.8. The molecule has 1 saturated heterocycles. The van der Waals surface area contributed by atoms with E-state index in [0.29, 0.717) is 55.3 Å². The van der Waals surface area contributed by atoms with Crippen molar-refractivity contribution < 1.29 is 43.2 Å². The number of nitrogens with zero attached hydrogens (tertiary/aromatic N) is 5. The molecule has 38 heavy (non-hydrogen) atoms. The number of nitrogens with two attached hydrogens (primary N) is 1. The summed E-state index contributed by atoms with van der Waals surface area (Å²) in [6, 6.07) is -0.642. The van der Waals surface area contributed by atoms with Gasteiger partial charge in [0, 0.05) is 25.2 Å². The van der Waals surface area contributed by atoms with Crippen molar-refractivity contribution in [3.05, 3.63) is 24.8 Å². The summed E-state index contributed by atoms with van der Waals surface area (Å²) in [5, 5.41) is 15.6. The van der Waals surface area contributed by atoms with Crippen molar-refractivity contribution in [3.63, 3.8) is 0 Å². The van der Waals surface area contributed by atoms with Crippen LogP contribution in [0.3, 0.4) is 0 Å². The van der Waals surface area contributed by atoms with Crippen molar-refractivity contribution in [1.29, 1.82) is 0 Å². The molecular formula is C22H33N6O9P. The lowest BCUT2D eigenvalue weighted by atomic mass is 10.0. The van der Waals surface area contributed by atoms with Crippen LogP contribution >= 0.6 is 7.52 Å². The van der Waals surface area contributed by atoms with E-state index < -0.39 is 25.5 Å². The molecule has 0 unspecified atom stereocenters. The van der Waals surface area contributed by atoms with Crippen LogP contribution in [0.25, 0.3) is 11.2 Å². The highest BCUT2D eigenvalue weighted by Gasteiger charge is 2.44. The zero-order valence-corrected chi connectivity index (χ0v) is 22.3. The molecule has 15 nitrogen and oxygen atoms in total. The van der Waals surface area contributed by atoms with Gasteiger partial charge in [-0.15, -0.1) is 0 Å². The number of carboxylic acids is 2. The number of esters is 1. The minimum Gasteiger partial charge on any atom is -0.478 e. The molecule has 0 radical (unpaired) electrons. The second kappa shape index (κ2) is 14.5. The molecule has 1 fully saturated rings. The first-order chi connectivity index (χ1) is 18.0. The van der Waals surface area contributed by atoms with E-state index in [0.717, 1.165) is 0 Å². The predicted octanol–water partition coefficient (Wildman–Crippen LogP) is 1.60. The lowest BCUT2D eigenvalue weighted by Crippen LogP contribution is -2.47. The topological polar surface area (TPSA) is 209 Å². The Morgan fingerprint density at radius 3 is 2.50 bits per heavy atom. The Balaban J connectivity index is 0.000000550. The van der Waals surface area contributed by atoms with E-state index in [2.05, 4.69) is 15.0 Å². The largest absolute Gasteiger partial charge is 0.478 e. The monoisotopic (exact) mass is 556 g/mol. The van der Waals surface area contributed by atoms with Gasteiger partial charge in [0.1, 0.15) is 24.2 Å². The minimum atomic E-state index is -3.33. The third-order valence-electron chi connectivity index (χ3n) is 5.23. The Morgan fingerprint density at radius 2 is 1.89 bits per heavy atom. The van der Waals surface area contributed by atoms with E-state index in [9.17, 15) is 18.9 Å². The van der Waals surface area contributed by atoms with Gasteiger partial charge >= 0.3 is 17.9 Å². The van der Waals surface area contributed by atoms with E-state index in [4.69, 9.17) is 29.9 Å². The number of fused-ring (bicyclic) bond motifs is 1. The van der Waals surface area contributed by atoms with Gasteiger partial charge in [0.15, 0.2) is 11.5 Å². The molecule has 0 aliphatic carbocycles. The van der Waals surface area contributed by atoms with Gasteiger partial charge in [-0.05, 0) is 19.3 Å². The summed E-state index contributed by atoms with van der Waals surface area (Å²) in [7, 11) is -3.33. The average Bonchev–Trinajstić information content (AvgIpc) is 3.27. The summed E-state index contributed by atoms with van der Waals surface area (Å²) in [6.45, 7) is 7.39. The van der Waals surface area contributed by atoms with Gasteiger partial charge in [-0.25, -0.2) is 29.2 Å². The van der Waals surface area contributed by atoms with Gasteiger partial charge in [0.05, 0.1) is 26.1 Å². The van der Waals surface area contributed by atoms with Crippen LogP contribution in [0.1, 0.15) is 27.2 Å². The number of hydrogen-bond donors (Lipinski definition) is 3. The Hall–Kier alpha value is -3.39. The van der Waals surface area contributed by atoms with Gasteiger partial charge in [0.2, 0.25) is 0 Å². The molecule has 1 aliphatic heterocycles. The summed E-state index contributed by atoms with van der Waals surface area (Å²) in [5.41, 5.74) is 6.93. The number of rotatable bonds is 11. The van der Waals surface area contributed by atoms with Gasteiger partial charge in [-0.3, -0.25) is 9.36 Å². The summed E-state index contributed by atoms with van der Waals surface area (Å²) in [6.07, 6.45) is 4.68. The lowest BCUT2D eigenvalue weighted by Gasteiger charge is -2.40. The second-order valence-electron chi connectivity index (χ2n) is 8.34.